The fourth-order valence-electron chi connectivity index (χ4n) is 2.31. The summed E-state index contributed by atoms with van der Waals surface area (Å²) in [5.41, 5.74) is 3.37. The van der Waals surface area contributed by atoms with Gasteiger partial charge in [0, 0.05) is 12.2 Å². The number of rotatable bonds is 3. The molecule has 19 heavy (non-hydrogen) atoms. The zero-order valence-electron chi connectivity index (χ0n) is 10.6. The number of hydrogen-bond acceptors (Lipinski definition) is 2. The summed E-state index contributed by atoms with van der Waals surface area (Å²) in [5.74, 6) is 0.901. The van der Waals surface area contributed by atoms with Crippen molar-refractivity contribution in [2.24, 2.45) is 0 Å². The van der Waals surface area contributed by atoms with Crippen molar-refractivity contribution in [2.75, 3.05) is 6.61 Å². The predicted molar refractivity (Wildman–Crippen MR) is 76.1 cm³/mol. The highest BCUT2D eigenvalue weighted by Crippen LogP contribution is 2.33. The zero-order valence-corrected chi connectivity index (χ0v) is 10.6. The lowest BCUT2D eigenvalue weighted by atomic mass is 10.0. The molecular formula is C17H16O2. The van der Waals surface area contributed by atoms with Gasteiger partial charge >= 0.3 is 0 Å². The lowest BCUT2D eigenvalue weighted by Gasteiger charge is -2.22. The highest BCUT2D eigenvalue weighted by molar-refractivity contribution is 5.61. The largest absolute Gasteiger partial charge is 0.481 e. The third-order valence-corrected chi connectivity index (χ3v) is 3.31. The number of aliphatic hydroxyl groups excluding tert-OH is 1. The van der Waals surface area contributed by atoms with Gasteiger partial charge in [0.25, 0.3) is 0 Å². The maximum atomic E-state index is 8.97. The van der Waals surface area contributed by atoms with E-state index in [9.17, 15) is 0 Å². The molecule has 1 aliphatic rings. The Morgan fingerprint density at radius 1 is 1.05 bits per heavy atom. The van der Waals surface area contributed by atoms with Crippen LogP contribution in [-0.2, 0) is 6.42 Å². The van der Waals surface area contributed by atoms with E-state index >= 15 is 0 Å². The summed E-state index contributed by atoms with van der Waals surface area (Å²) < 4.78 is 6.00. The Morgan fingerprint density at radius 2 is 1.89 bits per heavy atom. The first kappa shape index (κ1) is 12.0. The summed E-state index contributed by atoms with van der Waals surface area (Å²) in [4.78, 5) is 0. The molecule has 3 rings (SSSR count). The average molecular weight is 252 g/mol. The second-order valence-electron chi connectivity index (χ2n) is 4.65. The monoisotopic (exact) mass is 252 g/mol. The maximum Gasteiger partial charge on any atom is 0.142 e. The number of benzene rings is 2. The van der Waals surface area contributed by atoms with Crippen LogP contribution in [0, 0.1) is 0 Å². The summed E-state index contributed by atoms with van der Waals surface area (Å²) in [6.45, 7) is 0.177. The second kappa shape index (κ2) is 5.29. The normalized spacial score (nSPS) is 16.8. The van der Waals surface area contributed by atoms with Gasteiger partial charge in [-0.15, -0.1) is 0 Å². The summed E-state index contributed by atoms with van der Waals surface area (Å²) in [6.07, 6.45) is 4.83. The van der Waals surface area contributed by atoms with E-state index in [0.29, 0.717) is 6.42 Å². The molecule has 2 heteroatoms. The van der Waals surface area contributed by atoms with E-state index in [0.717, 1.165) is 22.4 Å². The molecule has 0 amide bonds. The van der Waals surface area contributed by atoms with Gasteiger partial charge in [-0.3, -0.25) is 0 Å². The van der Waals surface area contributed by atoms with E-state index in [4.69, 9.17) is 9.84 Å². The average Bonchev–Trinajstić information content (AvgIpc) is 2.48. The quantitative estimate of drug-likeness (QED) is 0.907. The number of hydrogen-bond donors (Lipinski definition) is 1. The van der Waals surface area contributed by atoms with Crippen LogP contribution in [-0.4, -0.2) is 11.7 Å². The first-order chi connectivity index (χ1) is 9.36. The summed E-state index contributed by atoms with van der Waals surface area (Å²) in [7, 11) is 0. The van der Waals surface area contributed by atoms with E-state index in [-0.39, 0.29) is 12.7 Å². The molecule has 0 bridgehead atoms. The molecule has 0 radical (unpaired) electrons. The van der Waals surface area contributed by atoms with Crippen molar-refractivity contribution in [3.8, 4) is 5.75 Å². The van der Waals surface area contributed by atoms with Gasteiger partial charge in [-0.1, -0.05) is 42.5 Å². The van der Waals surface area contributed by atoms with Crippen LogP contribution in [0.2, 0.25) is 0 Å². The van der Waals surface area contributed by atoms with Gasteiger partial charge in [0.05, 0.1) is 0 Å². The molecule has 0 saturated carbocycles. The minimum Gasteiger partial charge on any atom is -0.481 e. The van der Waals surface area contributed by atoms with Gasteiger partial charge < -0.3 is 9.84 Å². The van der Waals surface area contributed by atoms with Gasteiger partial charge in [0.2, 0.25) is 0 Å². The van der Waals surface area contributed by atoms with E-state index < -0.39 is 0 Å². The molecule has 0 aromatic heterocycles. The Morgan fingerprint density at radius 3 is 2.68 bits per heavy atom. The van der Waals surface area contributed by atoms with Gasteiger partial charge in [-0.05, 0) is 35.8 Å². The van der Waals surface area contributed by atoms with Gasteiger partial charge in [0.15, 0.2) is 0 Å². The van der Waals surface area contributed by atoms with Crippen LogP contribution < -0.4 is 4.74 Å². The predicted octanol–water partition coefficient (Wildman–Crippen LogP) is 3.37. The van der Waals surface area contributed by atoms with Crippen molar-refractivity contribution in [3.63, 3.8) is 0 Å². The molecule has 1 heterocycles. The Labute approximate surface area is 113 Å². The molecular weight excluding hydrogens is 236 g/mol. The van der Waals surface area contributed by atoms with Crippen molar-refractivity contribution >= 4 is 6.08 Å². The second-order valence-corrected chi connectivity index (χ2v) is 4.65. The number of ether oxygens (including phenoxy) is 1. The highest BCUT2D eigenvalue weighted by Gasteiger charge is 2.16. The molecule has 1 aliphatic heterocycles. The molecule has 1 N–H and O–H groups in total. The Kier molecular flexibility index (Phi) is 3.34. The minimum atomic E-state index is -0.0163. The van der Waals surface area contributed by atoms with E-state index in [1.54, 1.807) is 0 Å². The first-order valence-electron chi connectivity index (χ1n) is 6.50. The van der Waals surface area contributed by atoms with Crippen molar-refractivity contribution in [3.05, 3.63) is 71.3 Å². The number of fused-ring (bicyclic) bond motifs is 1. The van der Waals surface area contributed by atoms with Gasteiger partial charge in [0.1, 0.15) is 11.9 Å². The van der Waals surface area contributed by atoms with Crippen molar-refractivity contribution < 1.29 is 9.84 Å². The minimum absolute atomic E-state index is 0.0163. The van der Waals surface area contributed by atoms with Crippen LogP contribution in [0.3, 0.4) is 0 Å². The van der Waals surface area contributed by atoms with Crippen molar-refractivity contribution in [1.82, 2.24) is 0 Å². The van der Waals surface area contributed by atoms with Crippen molar-refractivity contribution in [1.29, 1.82) is 0 Å². The van der Waals surface area contributed by atoms with Crippen LogP contribution in [0.4, 0.5) is 0 Å². The molecule has 1 atom stereocenters. The lowest BCUT2D eigenvalue weighted by molar-refractivity contribution is 0.251. The Bertz CT molecular complexity index is 587. The van der Waals surface area contributed by atoms with Crippen LogP contribution in [0.25, 0.3) is 6.08 Å². The standard InChI is InChI=1S/C17H16O2/c18-11-10-13-6-8-17-15(12-13)7-9-16(19-17)14-4-2-1-3-5-14/h1-9,12,16,18H,10-11H2. The lowest BCUT2D eigenvalue weighted by Crippen LogP contribution is -2.09. The van der Waals surface area contributed by atoms with Crippen LogP contribution in [0.5, 0.6) is 5.75 Å². The molecule has 96 valence electrons. The van der Waals surface area contributed by atoms with Gasteiger partial charge in [-0.2, -0.15) is 0 Å². The fourth-order valence-corrected chi connectivity index (χ4v) is 2.31. The molecule has 1 unspecified atom stereocenters. The molecule has 0 saturated heterocycles. The third kappa shape index (κ3) is 2.54. The van der Waals surface area contributed by atoms with Crippen LogP contribution >= 0.6 is 0 Å². The molecule has 0 spiro atoms. The topological polar surface area (TPSA) is 29.5 Å². The van der Waals surface area contributed by atoms with Crippen molar-refractivity contribution in [2.45, 2.75) is 12.5 Å². The molecule has 0 fully saturated rings. The summed E-state index contributed by atoms with van der Waals surface area (Å²) >= 11 is 0. The van der Waals surface area contributed by atoms with E-state index in [1.165, 1.54) is 0 Å². The zero-order chi connectivity index (χ0) is 13.1. The van der Waals surface area contributed by atoms with Gasteiger partial charge in [-0.25, -0.2) is 0 Å². The van der Waals surface area contributed by atoms with Crippen LogP contribution in [0.15, 0.2) is 54.6 Å². The Balaban J connectivity index is 1.86. The molecule has 2 aromatic carbocycles. The maximum absolute atomic E-state index is 8.97. The smallest absolute Gasteiger partial charge is 0.142 e. The molecule has 0 aliphatic carbocycles. The molecule has 2 aromatic rings. The van der Waals surface area contributed by atoms with E-state index in [2.05, 4.69) is 30.4 Å². The third-order valence-electron chi connectivity index (χ3n) is 3.31. The fraction of sp³-hybridized carbons (Fsp3) is 0.176. The van der Waals surface area contributed by atoms with E-state index in [1.807, 2.05) is 30.3 Å². The summed E-state index contributed by atoms with van der Waals surface area (Å²) in [5, 5.41) is 8.97. The Hall–Kier alpha value is -2.06. The SMILES string of the molecule is OCCc1ccc2c(c1)C=CC(c1ccccc1)O2. The molecule has 2 nitrogen and oxygen atoms in total. The van der Waals surface area contributed by atoms with Crippen LogP contribution in [0.1, 0.15) is 22.8 Å². The summed E-state index contributed by atoms with van der Waals surface area (Å²) in [6, 6.07) is 16.3. The highest BCUT2D eigenvalue weighted by atomic mass is 16.5. The first-order valence-corrected chi connectivity index (χ1v) is 6.50. The number of aliphatic hydroxyl groups is 1.